The fourth-order valence-electron chi connectivity index (χ4n) is 1.37. The monoisotopic (exact) mass is 316 g/mol. The lowest BCUT2D eigenvalue weighted by molar-refractivity contribution is -0.0273. The van der Waals surface area contributed by atoms with Crippen LogP contribution in [0, 0.1) is 5.92 Å². The summed E-state index contributed by atoms with van der Waals surface area (Å²) in [4.78, 5) is 0. The second-order valence-corrected chi connectivity index (χ2v) is 6.07. The number of aliphatic hydroxyl groups is 2. The van der Waals surface area contributed by atoms with E-state index >= 15 is 0 Å². The third kappa shape index (κ3) is 3.97. The molecule has 0 heterocycles. The molecule has 0 aliphatic carbocycles. The molecule has 18 heavy (non-hydrogen) atoms. The van der Waals surface area contributed by atoms with E-state index in [1.165, 1.54) is 0 Å². The van der Waals surface area contributed by atoms with E-state index in [2.05, 4.69) is 15.9 Å². The first-order valence-corrected chi connectivity index (χ1v) is 6.86. The highest BCUT2D eigenvalue weighted by molar-refractivity contribution is 9.10. The summed E-state index contributed by atoms with van der Waals surface area (Å²) in [5.74, 6) is 0.706. The SMILES string of the molecule is CC(C)C(C)(O)COc1ccc(Br)cc1[C@H](C)O. The van der Waals surface area contributed by atoms with Crippen molar-refractivity contribution < 1.29 is 14.9 Å². The van der Waals surface area contributed by atoms with Gasteiger partial charge in [-0.2, -0.15) is 0 Å². The average Bonchev–Trinajstić information content (AvgIpc) is 2.27. The molecule has 0 aliphatic heterocycles. The summed E-state index contributed by atoms with van der Waals surface area (Å²) in [5, 5.41) is 19.8. The first-order chi connectivity index (χ1) is 8.24. The molecular formula is C14H21BrO3. The van der Waals surface area contributed by atoms with Gasteiger partial charge < -0.3 is 14.9 Å². The van der Waals surface area contributed by atoms with Gasteiger partial charge in [0.25, 0.3) is 0 Å². The number of halogens is 1. The molecule has 1 unspecified atom stereocenters. The van der Waals surface area contributed by atoms with Crippen LogP contribution in [0.3, 0.4) is 0 Å². The van der Waals surface area contributed by atoms with Gasteiger partial charge in [-0.05, 0) is 38.0 Å². The van der Waals surface area contributed by atoms with Gasteiger partial charge in [0.05, 0.1) is 11.7 Å². The van der Waals surface area contributed by atoms with E-state index in [1.807, 2.05) is 26.0 Å². The Balaban J connectivity index is 2.85. The van der Waals surface area contributed by atoms with Crippen LogP contribution in [-0.4, -0.2) is 22.4 Å². The largest absolute Gasteiger partial charge is 0.490 e. The Morgan fingerprint density at radius 2 is 1.94 bits per heavy atom. The van der Waals surface area contributed by atoms with Crippen LogP contribution in [-0.2, 0) is 0 Å². The van der Waals surface area contributed by atoms with Crippen LogP contribution in [0.2, 0.25) is 0 Å². The van der Waals surface area contributed by atoms with Gasteiger partial charge in [0.1, 0.15) is 12.4 Å². The molecule has 102 valence electrons. The summed E-state index contributed by atoms with van der Waals surface area (Å²) in [7, 11) is 0. The van der Waals surface area contributed by atoms with Crippen LogP contribution < -0.4 is 4.74 Å². The zero-order chi connectivity index (χ0) is 13.9. The van der Waals surface area contributed by atoms with Crippen LogP contribution >= 0.6 is 15.9 Å². The summed E-state index contributed by atoms with van der Waals surface area (Å²) in [6.45, 7) is 7.53. The summed E-state index contributed by atoms with van der Waals surface area (Å²) < 4.78 is 6.54. The van der Waals surface area contributed by atoms with Crippen molar-refractivity contribution in [2.24, 2.45) is 5.92 Å². The van der Waals surface area contributed by atoms with Crippen molar-refractivity contribution in [2.45, 2.75) is 39.4 Å². The Morgan fingerprint density at radius 3 is 2.44 bits per heavy atom. The third-order valence-electron chi connectivity index (χ3n) is 3.19. The molecule has 2 N–H and O–H groups in total. The zero-order valence-corrected chi connectivity index (χ0v) is 12.9. The molecule has 0 radical (unpaired) electrons. The summed E-state index contributed by atoms with van der Waals surface area (Å²) in [6.07, 6.45) is -0.610. The molecule has 4 heteroatoms. The second-order valence-electron chi connectivity index (χ2n) is 5.16. The van der Waals surface area contributed by atoms with Crippen molar-refractivity contribution in [3.8, 4) is 5.75 Å². The van der Waals surface area contributed by atoms with Gasteiger partial charge in [-0.3, -0.25) is 0 Å². The van der Waals surface area contributed by atoms with Gasteiger partial charge in [0.2, 0.25) is 0 Å². The van der Waals surface area contributed by atoms with Crippen LogP contribution in [0.4, 0.5) is 0 Å². The Bertz CT molecular complexity index is 400. The summed E-state index contributed by atoms with van der Waals surface area (Å²) in [6, 6.07) is 5.47. The lowest BCUT2D eigenvalue weighted by Crippen LogP contribution is -2.38. The molecule has 0 saturated heterocycles. The number of hydrogen-bond acceptors (Lipinski definition) is 3. The molecule has 0 spiro atoms. The number of hydrogen-bond donors (Lipinski definition) is 2. The van der Waals surface area contributed by atoms with E-state index in [0.717, 1.165) is 4.47 Å². The minimum absolute atomic E-state index is 0.1000. The van der Waals surface area contributed by atoms with E-state index in [0.29, 0.717) is 11.3 Å². The van der Waals surface area contributed by atoms with Crippen molar-refractivity contribution in [2.75, 3.05) is 6.61 Å². The van der Waals surface area contributed by atoms with Gasteiger partial charge in [0, 0.05) is 10.0 Å². The highest BCUT2D eigenvalue weighted by Gasteiger charge is 2.26. The van der Waals surface area contributed by atoms with Crippen molar-refractivity contribution in [3.05, 3.63) is 28.2 Å². The maximum Gasteiger partial charge on any atom is 0.125 e. The van der Waals surface area contributed by atoms with Gasteiger partial charge in [-0.15, -0.1) is 0 Å². The molecule has 1 aromatic rings. The molecule has 0 bridgehead atoms. The number of ether oxygens (including phenoxy) is 1. The number of rotatable bonds is 5. The summed E-state index contributed by atoms with van der Waals surface area (Å²) >= 11 is 3.36. The van der Waals surface area contributed by atoms with Crippen LogP contribution in [0.15, 0.2) is 22.7 Å². The summed E-state index contributed by atoms with van der Waals surface area (Å²) in [5.41, 5.74) is -0.174. The van der Waals surface area contributed by atoms with Gasteiger partial charge >= 0.3 is 0 Å². The smallest absolute Gasteiger partial charge is 0.125 e. The number of benzene rings is 1. The van der Waals surface area contributed by atoms with E-state index in [4.69, 9.17) is 4.74 Å². The Hall–Kier alpha value is -0.580. The maximum atomic E-state index is 10.1. The first-order valence-electron chi connectivity index (χ1n) is 6.06. The fourth-order valence-corrected chi connectivity index (χ4v) is 1.75. The van der Waals surface area contributed by atoms with Crippen LogP contribution in [0.25, 0.3) is 0 Å². The molecule has 0 amide bonds. The lowest BCUT2D eigenvalue weighted by Gasteiger charge is -2.28. The molecule has 0 saturated carbocycles. The highest BCUT2D eigenvalue weighted by atomic mass is 79.9. The van der Waals surface area contributed by atoms with Gasteiger partial charge in [0.15, 0.2) is 0 Å². The van der Waals surface area contributed by atoms with Crippen molar-refractivity contribution in [1.29, 1.82) is 0 Å². The highest BCUT2D eigenvalue weighted by Crippen LogP contribution is 2.29. The predicted molar refractivity (Wildman–Crippen MR) is 75.7 cm³/mol. The Morgan fingerprint density at radius 1 is 1.33 bits per heavy atom. The zero-order valence-electron chi connectivity index (χ0n) is 11.3. The molecule has 1 rings (SSSR count). The van der Waals surface area contributed by atoms with Crippen molar-refractivity contribution >= 4 is 15.9 Å². The fraction of sp³-hybridized carbons (Fsp3) is 0.571. The van der Waals surface area contributed by atoms with E-state index in [1.54, 1.807) is 19.9 Å². The molecule has 2 atom stereocenters. The Kier molecular flexibility index (Phi) is 5.20. The van der Waals surface area contributed by atoms with Gasteiger partial charge in [-0.1, -0.05) is 29.8 Å². The van der Waals surface area contributed by atoms with E-state index < -0.39 is 11.7 Å². The topological polar surface area (TPSA) is 49.7 Å². The average molecular weight is 317 g/mol. The predicted octanol–water partition coefficient (Wildman–Crippen LogP) is 3.29. The third-order valence-corrected chi connectivity index (χ3v) is 3.68. The normalized spacial score (nSPS) is 16.4. The van der Waals surface area contributed by atoms with Gasteiger partial charge in [-0.25, -0.2) is 0 Å². The minimum Gasteiger partial charge on any atom is -0.490 e. The quantitative estimate of drug-likeness (QED) is 0.876. The van der Waals surface area contributed by atoms with Crippen molar-refractivity contribution in [1.82, 2.24) is 0 Å². The molecule has 1 aromatic carbocycles. The van der Waals surface area contributed by atoms with E-state index in [9.17, 15) is 10.2 Å². The number of aliphatic hydroxyl groups excluding tert-OH is 1. The first kappa shape index (κ1) is 15.5. The van der Waals surface area contributed by atoms with E-state index in [-0.39, 0.29) is 12.5 Å². The van der Waals surface area contributed by atoms with Crippen LogP contribution in [0.1, 0.15) is 39.4 Å². The Labute approximate surface area is 117 Å². The second kappa shape index (κ2) is 6.04. The maximum absolute atomic E-state index is 10.1. The molecule has 0 fully saturated rings. The molecule has 0 aliphatic rings. The van der Waals surface area contributed by atoms with Crippen LogP contribution in [0.5, 0.6) is 5.75 Å². The lowest BCUT2D eigenvalue weighted by atomic mass is 9.94. The molecule has 3 nitrogen and oxygen atoms in total. The minimum atomic E-state index is -0.886. The molecule has 0 aromatic heterocycles. The standard InChI is InChI=1S/C14H21BrO3/c1-9(2)14(4,17)8-18-13-6-5-11(15)7-12(13)10(3)16/h5-7,9-10,16-17H,8H2,1-4H3/t10-,14?/m0/s1. The van der Waals surface area contributed by atoms with Crippen molar-refractivity contribution in [3.63, 3.8) is 0 Å². The molecular weight excluding hydrogens is 296 g/mol.